The number of hydrogen-bond acceptors (Lipinski definition) is 3. The van der Waals surface area contributed by atoms with Gasteiger partial charge >= 0.3 is 12.2 Å². The normalized spacial score (nSPS) is 20.2. The molecule has 0 bridgehead atoms. The van der Waals surface area contributed by atoms with Gasteiger partial charge in [0.2, 0.25) is 0 Å². The first-order valence-corrected chi connectivity index (χ1v) is 5.58. The predicted octanol–water partition coefficient (Wildman–Crippen LogP) is 3.49. The third kappa shape index (κ3) is 2.32. The van der Waals surface area contributed by atoms with E-state index >= 15 is 0 Å². The molecule has 1 aliphatic rings. The average molecular weight is 300 g/mol. The van der Waals surface area contributed by atoms with Crippen molar-refractivity contribution in [1.29, 1.82) is 0 Å². The fourth-order valence-electron chi connectivity index (χ4n) is 1.58. The van der Waals surface area contributed by atoms with Gasteiger partial charge in [-0.25, -0.2) is 0 Å². The van der Waals surface area contributed by atoms with Gasteiger partial charge in [0.15, 0.2) is 11.5 Å². The maximum Gasteiger partial charge on any atom is 0.507 e. The van der Waals surface area contributed by atoms with Crippen LogP contribution in [-0.4, -0.2) is 12.2 Å². The minimum Gasteiger partial charge on any atom is -0.421 e. The first kappa shape index (κ1) is 14.2. The number of halogens is 5. The van der Waals surface area contributed by atoms with Gasteiger partial charge in [-0.3, -0.25) is 0 Å². The van der Waals surface area contributed by atoms with Crippen molar-refractivity contribution in [1.82, 2.24) is 0 Å². The van der Waals surface area contributed by atoms with Gasteiger partial charge in [-0.05, 0) is 25.5 Å². The van der Waals surface area contributed by atoms with Crippen LogP contribution in [0.1, 0.15) is 19.4 Å². The van der Waals surface area contributed by atoms with Crippen molar-refractivity contribution in [3.05, 3.63) is 22.7 Å². The van der Waals surface area contributed by atoms with E-state index in [1.807, 2.05) is 0 Å². The van der Waals surface area contributed by atoms with Gasteiger partial charge in [0.05, 0.1) is 0 Å². The predicted molar refractivity (Wildman–Crippen MR) is 59.8 cm³/mol. The number of hydrogen-bond donors (Lipinski definition) is 1. The van der Waals surface area contributed by atoms with Gasteiger partial charge < -0.3 is 15.2 Å². The maximum atomic E-state index is 13.0. The summed E-state index contributed by atoms with van der Waals surface area (Å²) in [7, 11) is 0. The van der Waals surface area contributed by atoms with Crippen molar-refractivity contribution in [3.63, 3.8) is 0 Å². The summed E-state index contributed by atoms with van der Waals surface area (Å²) in [5, 5.41) is 0.0240. The number of nitrogens with two attached hydrogens (primary N) is 1. The van der Waals surface area contributed by atoms with Crippen molar-refractivity contribution in [2.24, 2.45) is 5.73 Å². The second-order valence-electron chi connectivity index (χ2n) is 4.74. The second-order valence-corrected chi connectivity index (χ2v) is 5.15. The standard InChI is InChI=1S/C11H10ClF4NO2/c1-9(2,17)5-3-7-8(4-6(5)12)19-11(15,16)10(13,14)18-7/h3-4H,17H2,1-2H3. The van der Waals surface area contributed by atoms with E-state index in [2.05, 4.69) is 9.47 Å². The molecule has 8 heteroatoms. The molecule has 0 spiro atoms. The van der Waals surface area contributed by atoms with Crippen LogP contribution in [0.4, 0.5) is 17.6 Å². The quantitative estimate of drug-likeness (QED) is 0.807. The molecule has 1 heterocycles. The van der Waals surface area contributed by atoms with E-state index in [1.165, 1.54) is 0 Å². The lowest BCUT2D eigenvalue weighted by molar-refractivity contribution is -0.391. The van der Waals surface area contributed by atoms with E-state index in [-0.39, 0.29) is 10.6 Å². The number of rotatable bonds is 1. The Kier molecular flexibility index (Phi) is 2.91. The Bertz CT molecular complexity index is 528. The summed E-state index contributed by atoms with van der Waals surface area (Å²) in [6.07, 6.45) is -9.52. The fraction of sp³-hybridized carbons (Fsp3) is 0.455. The molecule has 2 rings (SSSR count). The summed E-state index contributed by atoms with van der Waals surface area (Å²) in [6, 6.07) is 2.05. The van der Waals surface area contributed by atoms with Gasteiger partial charge in [0, 0.05) is 16.6 Å². The van der Waals surface area contributed by atoms with Crippen molar-refractivity contribution < 1.29 is 27.0 Å². The highest BCUT2D eigenvalue weighted by Gasteiger charge is 2.66. The Morgan fingerprint density at radius 2 is 1.47 bits per heavy atom. The van der Waals surface area contributed by atoms with E-state index < -0.39 is 29.3 Å². The van der Waals surface area contributed by atoms with Gasteiger partial charge in [-0.2, -0.15) is 17.6 Å². The van der Waals surface area contributed by atoms with Gasteiger partial charge in [-0.1, -0.05) is 11.6 Å². The zero-order valence-corrected chi connectivity index (χ0v) is 10.7. The molecule has 3 nitrogen and oxygen atoms in total. The molecule has 0 radical (unpaired) electrons. The molecule has 0 unspecified atom stereocenters. The Morgan fingerprint density at radius 3 is 1.89 bits per heavy atom. The molecule has 0 saturated carbocycles. The largest absolute Gasteiger partial charge is 0.507 e. The first-order valence-electron chi connectivity index (χ1n) is 5.20. The third-order valence-corrected chi connectivity index (χ3v) is 2.86. The fourth-order valence-corrected chi connectivity index (χ4v) is 1.98. The van der Waals surface area contributed by atoms with Crippen LogP contribution in [0.2, 0.25) is 5.02 Å². The first-order chi connectivity index (χ1) is 8.44. The smallest absolute Gasteiger partial charge is 0.421 e. The van der Waals surface area contributed by atoms with Crippen LogP contribution in [0.3, 0.4) is 0 Å². The van der Waals surface area contributed by atoms with Gasteiger partial charge in [0.25, 0.3) is 0 Å². The Hall–Kier alpha value is -1.21. The molecule has 1 aliphatic heterocycles. The van der Waals surface area contributed by atoms with Gasteiger partial charge in [0.1, 0.15) is 0 Å². The summed E-state index contributed by atoms with van der Waals surface area (Å²) in [6.45, 7) is 3.16. The van der Waals surface area contributed by atoms with Crippen molar-refractivity contribution >= 4 is 11.6 Å². The molecule has 0 saturated heterocycles. The zero-order valence-electron chi connectivity index (χ0n) is 9.94. The lowest BCUT2D eigenvalue weighted by atomic mass is 9.95. The van der Waals surface area contributed by atoms with Crippen LogP contribution in [0, 0.1) is 0 Å². The van der Waals surface area contributed by atoms with E-state index in [1.54, 1.807) is 13.8 Å². The molecule has 0 aromatic heterocycles. The SMILES string of the molecule is CC(C)(N)c1cc2c(cc1Cl)OC(F)(F)C(F)(F)O2. The number of alkyl halides is 4. The molecule has 1 aromatic rings. The zero-order chi connectivity index (χ0) is 14.6. The summed E-state index contributed by atoms with van der Waals surface area (Å²) < 4.78 is 59.9. The van der Waals surface area contributed by atoms with E-state index in [9.17, 15) is 17.6 Å². The monoisotopic (exact) mass is 299 g/mol. The van der Waals surface area contributed by atoms with Crippen LogP contribution < -0.4 is 15.2 Å². The summed E-state index contributed by atoms with van der Waals surface area (Å²) in [5.41, 5.74) is 5.12. The Morgan fingerprint density at radius 1 is 1.05 bits per heavy atom. The summed E-state index contributed by atoms with van der Waals surface area (Å²) in [5.74, 6) is -1.09. The summed E-state index contributed by atoms with van der Waals surface area (Å²) in [4.78, 5) is 0. The molecule has 19 heavy (non-hydrogen) atoms. The van der Waals surface area contributed by atoms with Gasteiger partial charge in [-0.15, -0.1) is 0 Å². The Balaban J connectivity index is 2.55. The molecule has 1 aromatic carbocycles. The van der Waals surface area contributed by atoms with Crippen LogP contribution in [0.25, 0.3) is 0 Å². The lowest BCUT2D eigenvalue weighted by Crippen LogP contribution is -2.52. The highest BCUT2D eigenvalue weighted by atomic mass is 35.5. The Labute approximate surface area is 111 Å². The van der Waals surface area contributed by atoms with Crippen LogP contribution in [-0.2, 0) is 5.54 Å². The highest BCUT2D eigenvalue weighted by molar-refractivity contribution is 6.31. The number of fused-ring (bicyclic) bond motifs is 1. The second kappa shape index (κ2) is 3.89. The molecular formula is C11H10ClF4NO2. The maximum absolute atomic E-state index is 13.0. The van der Waals surface area contributed by atoms with E-state index in [4.69, 9.17) is 17.3 Å². The molecule has 106 valence electrons. The average Bonchev–Trinajstić information content (AvgIpc) is 2.17. The van der Waals surface area contributed by atoms with E-state index in [0.29, 0.717) is 0 Å². The highest BCUT2D eigenvalue weighted by Crippen LogP contribution is 2.49. The van der Waals surface area contributed by atoms with Crippen molar-refractivity contribution in [2.45, 2.75) is 31.6 Å². The number of benzene rings is 1. The molecule has 0 atom stereocenters. The summed E-state index contributed by atoms with van der Waals surface area (Å²) >= 11 is 5.86. The van der Waals surface area contributed by atoms with E-state index in [0.717, 1.165) is 12.1 Å². The minimum atomic E-state index is -4.76. The molecule has 0 fully saturated rings. The van der Waals surface area contributed by atoms with Crippen molar-refractivity contribution in [2.75, 3.05) is 0 Å². The van der Waals surface area contributed by atoms with Crippen LogP contribution in [0.5, 0.6) is 11.5 Å². The number of ether oxygens (including phenoxy) is 2. The molecule has 2 N–H and O–H groups in total. The third-order valence-electron chi connectivity index (χ3n) is 2.54. The minimum absolute atomic E-state index is 0.0240. The molecule has 0 aliphatic carbocycles. The topological polar surface area (TPSA) is 44.5 Å². The van der Waals surface area contributed by atoms with Crippen LogP contribution >= 0.6 is 11.6 Å². The van der Waals surface area contributed by atoms with Crippen molar-refractivity contribution in [3.8, 4) is 11.5 Å². The lowest BCUT2D eigenvalue weighted by Gasteiger charge is -2.33. The molecule has 0 amide bonds. The van der Waals surface area contributed by atoms with Crippen LogP contribution in [0.15, 0.2) is 12.1 Å². The molecular weight excluding hydrogens is 290 g/mol.